The average molecular weight is 320 g/mol. The molecule has 2 aliphatic rings. The van der Waals surface area contributed by atoms with Crippen molar-refractivity contribution in [3.63, 3.8) is 0 Å². The van der Waals surface area contributed by atoms with Crippen LogP contribution in [-0.2, 0) is 4.74 Å². The third kappa shape index (κ3) is 3.41. The second kappa shape index (κ2) is 6.50. The summed E-state index contributed by atoms with van der Waals surface area (Å²) in [5.41, 5.74) is 2.14. The largest absolute Gasteiger partial charge is 0.447 e. The molecule has 5 heteroatoms. The first-order valence-corrected chi connectivity index (χ1v) is 8.98. The van der Waals surface area contributed by atoms with Crippen molar-refractivity contribution in [3.8, 4) is 0 Å². The number of amides is 1. The van der Waals surface area contributed by atoms with Crippen LogP contribution in [0.2, 0.25) is 0 Å². The summed E-state index contributed by atoms with van der Waals surface area (Å²) in [6.45, 7) is 6.67. The van der Waals surface area contributed by atoms with Crippen LogP contribution in [0.15, 0.2) is 24.3 Å². The maximum absolute atomic E-state index is 11.7. The minimum atomic E-state index is -0.243. The van der Waals surface area contributed by atoms with E-state index < -0.39 is 0 Å². The van der Waals surface area contributed by atoms with Gasteiger partial charge >= 0.3 is 6.09 Å². The van der Waals surface area contributed by atoms with E-state index in [9.17, 15) is 4.79 Å². The van der Waals surface area contributed by atoms with E-state index in [4.69, 9.17) is 4.74 Å². The molecule has 3 rings (SSSR count). The summed E-state index contributed by atoms with van der Waals surface area (Å²) in [5, 5.41) is 3.65. The van der Waals surface area contributed by atoms with E-state index in [2.05, 4.69) is 43.1 Å². The van der Waals surface area contributed by atoms with Gasteiger partial charge in [-0.3, -0.25) is 4.90 Å². The number of ether oxygens (including phenoxy) is 1. The Balaban J connectivity index is 1.65. The van der Waals surface area contributed by atoms with Gasteiger partial charge in [0.25, 0.3) is 0 Å². The Bertz CT molecular complexity index is 543. The lowest BCUT2D eigenvalue weighted by molar-refractivity contribution is 0.181. The first kappa shape index (κ1) is 15.7. The lowest BCUT2D eigenvalue weighted by Crippen LogP contribution is -2.34. The molecule has 1 aromatic rings. The molecule has 0 saturated carbocycles. The zero-order valence-corrected chi connectivity index (χ0v) is 14.1. The molecule has 0 aliphatic carbocycles. The molecule has 120 valence electrons. The van der Waals surface area contributed by atoms with Crippen molar-refractivity contribution in [1.29, 1.82) is 0 Å². The quantitative estimate of drug-likeness (QED) is 0.900. The number of carbonyl (C=O) groups is 1. The molecular weight excluding hydrogens is 296 g/mol. The lowest BCUT2D eigenvalue weighted by Gasteiger charge is -2.26. The molecule has 0 bridgehead atoms. The number of hydrogen-bond acceptors (Lipinski definition) is 4. The number of nitrogens with one attached hydrogen (secondary N) is 1. The minimum absolute atomic E-state index is 0.243. The Kier molecular flexibility index (Phi) is 4.64. The van der Waals surface area contributed by atoms with Crippen molar-refractivity contribution in [2.75, 3.05) is 30.3 Å². The van der Waals surface area contributed by atoms with E-state index in [-0.39, 0.29) is 12.1 Å². The second-order valence-corrected chi connectivity index (χ2v) is 8.05. The molecule has 2 aliphatic heterocycles. The van der Waals surface area contributed by atoms with Gasteiger partial charge in [-0.15, -0.1) is 0 Å². The highest BCUT2D eigenvalue weighted by Gasteiger charge is 2.29. The minimum Gasteiger partial charge on any atom is -0.447 e. The Morgan fingerprint density at radius 3 is 3.05 bits per heavy atom. The predicted octanol–water partition coefficient (Wildman–Crippen LogP) is 3.58. The smallest absolute Gasteiger partial charge is 0.414 e. The summed E-state index contributed by atoms with van der Waals surface area (Å²) in [7, 11) is 0. The maximum Gasteiger partial charge on any atom is 0.414 e. The fraction of sp³-hybridized carbons (Fsp3) is 0.588. The van der Waals surface area contributed by atoms with Crippen molar-refractivity contribution < 1.29 is 9.53 Å². The van der Waals surface area contributed by atoms with Crippen molar-refractivity contribution in [3.05, 3.63) is 29.8 Å². The van der Waals surface area contributed by atoms with Crippen LogP contribution in [0, 0.1) is 0 Å². The van der Waals surface area contributed by atoms with Crippen molar-refractivity contribution in [1.82, 2.24) is 5.32 Å². The number of hydrogen-bond donors (Lipinski definition) is 1. The highest BCUT2D eigenvalue weighted by Crippen LogP contribution is 2.37. The highest BCUT2D eigenvalue weighted by molar-refractivity contribution is 8.00. The van der Waals surface area contributed by atoms with Gasteiger partial charge in [0, 0.05) is 23.0 Å². The molecule has 0 radical (unpaired) electrons. The van der Waals surface area contributed by atoms with Crippen LogP contribution in [0.5, 0.6) is 0 Å². The molecule has 2 unspecified atom stereocenters. The summed E-state index contributed by atoms with van der Waals surface area (Å²) < 4.78 is 5.38. The molecule has 0 spiro atoms. The molecule has 2 fully saturated rings. The summed E-state index contributed by atoms with van der Waals surface area (Å²) in [6, 6.07) is 8.47. The summed E-state index contributed by atoms with van der Waals surface area (Å²) in [6.07, 6.45) is 2.37. The number of rotatable bonds is 5. The highest BCUT2D eigenvalue weighted by atomic mass is 32.2. The molecule has 2 heterocycles. The Morgan fingerprint density at radius 1 is 1.50 bits per heavy atom. The number of benzene rings is 1. The second-order valence-electron chi connectivity index (χ2n) is 6.37. The van der Waals surface area contributed by atoms with Crippen LogP contribution in [0.4, 0.5) is 10.5 Å². The predicted molar refractivity (Wildman–Crippen MR) is 91.7 cm³/mol. The third-order valence-electron chi connectivity index (χ3n) is 4.53. The van der Waals surface area contributed by atoms with E-state index in [1.807, 2.05) is 12.1 Å². The zero-order valence-electron chi connectivity index (χ0n) is 13.3. The van der Waals surface area contributed by atoms with Gasteiger partial charge in [-0.05, 0) is 50.1 Å². The number of carbonyl (C=O) groups excluding carboxylic acids is 1. The molecular formula is C17H24N2O2S. The van der Waals surface area contributed by atoms with Crippen LogP contribution in [-0.4, -0.2) is 36.3 Å². The van der Waals surface area contributed by atoms with E-state index in [1.54, 1.807) is 4.90 Å². The third-order valence-corrected chi connectivity index (χ3v) is 6.06. The van der Waals surface area contributed by atoms with Gasteiger partial charge in [-0.1, -0.05) is 12.1 Å². The van der Waals surface area contributed by atoms with E-state index in [0.29, 0.717) is 17.9 Å². The zero-order chi connectivity index (χ0) is 15.6. The van der Waals surface area contributed by atoms with Crippen LogP contribution >= 0.6 is 11.8 Å². The van der Waals surface area contributed by atoms with Gasteiger partial charge in [0.15, 0.2) is 0 Å². The fourth-order valence-corrected chi connectivity index (χ4v) is 4.31. The summed E-state index contributed by atoms with van der Waals surface area (Å²) >= 11 is 2.07. The Hall–Kier alpha value is -1.20. The van der Waals surface area contributed by atoms with Gasteiger partial charge in [0.1, 0.15) is 6.61 Å². The summed E-state index contributed by atoms with van der Waals surface area (Å²) in [4.78, 5) is 13.4. The molecule has 2 atom stereocenters. The molecule has 4 nitrogen and oxygen atoms in total. The van der Waals surface area contributed by atoms with Gasteiger partial charge in [0.05, 0.1) is 6.54 Å². The Morgan fingerprint density at radius 2 is 2.36 bits per heavy atom. The number of thioether (sulfide) groups is 1. The van der Waals surface area contributed by atoms with Gasteiger partial charge in [-0.25, -0.2) is 4.79 Å². The number of cyclic esters (lactones) is 1. The number of anilines is 1. The molecule has 1 amide bonds. The van der Waals surface area contributed by atoms with Gasteiger partial charge in [0.2, 0.25) is 0 Å². The molecule has 2 saturated heterocycles. The molecule has 1 N–H and O–H groups in total. The first-order valence-electron chi connectivity index (χ1n) is 7.99. The van der Waals surface area contributed by atoms with Crippen molar-refractivity contribution in [2.24, 2.45) is 0 Å². The maximum atomic E-state index is 11.7. The average Bonchev–Trinajstić information content (AvgIpc) is 3.14. The van der Waals surface area contributed by atoms with Crippen LogP contribution < -0.4 is 10.2 Å². The Labute approximate surface area is 136 Å². The topological polar surface area (TPSA) is 41.6 Å². The van der Waals surface area contributed by atoms with Crippen LogP contribution in [0.25, 0.3) is 0 Å². The molecule has 0 aromatic heterocycles. The molecule has 1 aromatic carbocycles. The van der Waals surface area contributed by atoms with Crippen molar-refractivity contribution in [2.45, 2.75) is 37.5 Å². The lowest BCUT2D eigenvalue weighted by atomic mass is 10.0. The monoisotopic (exact) mass is 320 g/mol. The van der Waals surface area contributed by atoms with Crippen LogP contribution in [0.1, 0.15) is 38.3 Å². The first-order chi connectivity index (χ1) is 10.6. The van der Waals surface area contributed by atoms with Crippen LogP contribution in [0.3, 0.4) is 0 Å². The van der Waals surface area contributed by atoms with E-state index in [0.717, 1.165) is 12.2 Å². The standard InChI is InChI=1S/C17H24N2O2S/c1-13(18-12-17(2)7-4-10-22-17)14-5-3-6-15(11-14)19-8-9-21-16(19)20/h3,5-6,11,13,18H,4,7-10,12H2,1-2H3. The van der Waals surface area contributed by atoms with E-state index >= 15 is 0 Å². The summed E-state index contributed by atoms with van der Waals surface area (Å²) in [5.74, 6) is 1.28. The molecule has 22 heavy (non-hydrogen) atoms. The normalized spacial score (nSPS) is 26.3. The van der Waals surface area contributed by atoms with E-state index in [1.165, 1.54) is 24.2 Å². The number of nitrogens with zero attached hydrogens (tertiary/aromatic N) is 1. The van der Waals surface area contributed by atoms with Gasteiger partial charge in [-0.2, -0.15) is 11.8 Å². The SMILES string of the molecule is CC(NCC1(C)CCCS1)c1cccc(N2CCOC2=O)c1. The fourth-order valence-electron chi connectivity index (χ4n) is 3.05. The van der Waals surface area contributed by atoms with Crippen molar-refractivity contribution >= 4 is 23.5 Å². The van der Waals surface area contributed by atoms with Gasteiger partial charge < -0.3 is 10.1 Å².